The van der Waals surface area contributed by atoms with E-state index in [1.54, 1.807) is 17.0 Å². The number of carbonyl (C=O) groups excluding carboxylic acids is 1. The molecule has 104 valence electrons. The van der Waals surface area contributed by atoms with Crippen molar-refractivity contribution in [2.24, 2.45) is 0 Å². The molecule has 1 amide bonds. The summed E-state index contributed by atoms with van der Waals surface area (Å²) in [5.74, 6) is -1.54. The van der Waals surface area contributed by atoms with Crippen molar-refractivity contribution in [2.75, 3.05) is 4.90 Å². The lowest BCUT2D eigenvalue weighted by molar-refractivity contribution is 0.0964. The van der Waals surface area contributed by atoms with Crippen LogP contribution in [0.4, 0.5) is 14.5 Å². The normalized spacial score (nSPS) is 14.9. The Kier molecular flexibility index (Phi) is 3.48. The van der Waals surface area contributed by atoms with Crippen molar-refractivity contribution in [3.05, 3.63) is 46.4 Å². The number of hydrogen-bond donors (Lipinski definition) is 0. The highest BCUT2D eigenvalue weighted by atomic mass is 32.1. The Bertz CT molecular complexity index is 625. The molecule has 1 aliphatic carbocycles. The molecule has 1 fully saturated rings. The molecule has 2 aromatic rings. The Morgan fingerprint density at radius 1 is 1.25 bits per heavy atom. The molecule has 3 nitrogen and oxygen atoms in total. The molecule has 3 rings (SSSR count). The molecule has 0 bridgehead atoms. The fourth-order valence-corrected chi connectivity index (χ4v) is 2.86. The number of benzene rings is 1. The van der Waals surface area contributed by atoms with Gasteiger partial charge in [-0.3, -0.25) is 4.79 Å². The van der Waals surface area contributed by atoms with Crippen LogP contribution in [-0.2, 0) is 0 Å². The second-order valence-electron chi connectivity index (χ2n) is 4.68. The van der Waals surface area contributed by atoms with Crippen LogP contribution in [0.2, 0.25) is 0 Å². The summed E-state index contributed by atoms with van der Waals surface area (Å²) < 4.78 is 26.5. The van der Waals surface area contributed by atoms with E-state index < -0.39 is 17.1 Å². The highest BCUT2D eigenvalue weighted by molar-refractivity contribution is 7.12. The van der Waals surface area contributed by atoms with Crippen LogP contribution in [0.5, 0.6) is 0 Å². The first kappa shape index (κ1) is 13.2. The maximum atomic E-state index is 13.5. The van der Waals surface area contributed by atoms with Gasteiger partial charge in [0.05, 0.1) is 0 Å². The van der Waals surface area contributed by atoms with Crippen LogP contribution in [-0.4, -0.2) is 16.9 Å². The number of anilines is 1. The molecule has 0 saturated heterocycles. The standard InChI is InChI=1S/C14H12F2N2OS/c15-12-11(20-14(16)17-12)13(19)18(10-7-4-8-10)9-5-2-1-3-6-9/h1-3,5-6,10H,4,7-8H2. The molecule has 0 N–H and O–H groups in total. The summed E-state index contributed by atoms with van der Waals surface area (Å²) in [6.07, 6.45) is 2.80. The third-order valence-electron chi connectivity index (χ3n) is 3.45. The molecule has 0 aliphatic heterocycles. The third kappa shape index (κ3) is 2.31. The Hall–Kier alpha value is -1.82. The lowest BCUT2D eigenvalue weighted by Gasteiger charge is -2.37. The van der Waals surface area contributed by atoms with Crippen LogP contribution in [0.1, 0.15) is 28.9 Å². The predicted octanol–water partition coefficient (Wildman–Crippen LogP) is 3.62. The average Bonchev–Trinajstić information content (AvgIpc) is 2.73. The van der Waals surface area contributed by atoms with Gasteiger partial charge in [0.2, 0.25) is 5.95 Å². The number of halogens is 2. The van der Waals surface area contributed by atoms with E-state index in [0.29, 0.717) is 17.0 Å². The van der Waals surface area contributed by atoms with Crippen molar-refractivity contribution in [1.82, 2.24) is 4.98 Å². The van der Waals surface area contributed by atoms with Crippen LogP contribution < -0.4 is 4.90 Å². The summed E-state index contributed by atoms with van der Waals surface area (Å²) in [7, 11) is 0. The average molecular weight is 294 g/mol. The van der Waals surface area contributed by atoms with Gasteiger partial charge in [-0.15, -0.1) is 0 Å². The van der Waals surface area contributed by atoms with Gasteiger partial charge in [-0.05, 0) is 31.4 Å². The van der Waals surface area contributed by atoms with Gasteiger partial charge >= 0.3 is 0 Å². The Balaban J connectivity index is 1.97. The molecule has 1 heterocycles. The van der Waals surface area contributed by atoms with E-state index in [4.69, 9.17) is 0 Å². The molecule has 0 radical (unpaired) electrons. The molecule has 0 unspecified atom stereocenters. The van der Waals surface area contributed by atoms with Gasteiger partial charge in [-0.2, -0.15) is 13.8 Å². The number of para-hydroxylation sites is 1. The molecule has 0 atom stereocenters. The largest absolute Gasteiger partial charge is 0.304 e. The van der Waals surface area contributed by atoms with Gasteiger partial charge in [0.25, 0.3) is 11.2 Å². The van der Waals surface area contributed by atoms with Gasteiger partial charge in [0.15, 0.2) is 4.88 Å². The summed E-state index contributed by atoms with van der Waals surface area (Å²) in [6.45, 7) is 0. The van der Waals surface area contributed by atoms with E-state index in [0.717, 1.165) is 19.3 Å². The first-order valence-corrected chi connectivity index (χ1v) is 7.19. The zero-order valence-corrected chi connectivity index (χ0v) is 11.4. The number of hydrogen-bond acceptors (Lipinski definition) is 3. The number of thiazole rings is 1. The van der Waals surface area contributed by atoms with Crippen molar-refractivity contribution >= 4 is 22.9 Å². The van der Waals surface area contributed by atoms with Crippen molar-refractivity contribution in [2.45, 2.75) is 25.3 Å². The molecule has 0 spiro atoms. The van der Waals surface area contributed by atoms with Crippen molar-refractivity contribution in [3.63, 3.8) is 0 Å². The smallest absolute Gasteiger partial charge is 0.273 e. The van der Waals surface area contributed by atoms with Crippen LogP contribution >= 0.6 is 11.3 Å². The molecular weight excluding hydrogens is 282 g/mol. The molecule has 1 aromatic heterocycles. The zero-order valence-electron chi connectivity index (χ0n) is 10.6. The fraction of sp³-hybridized carbons (Fsp3) is 0.286. The number of rotatable bonds is 3. The monoisotopic (exact) mass is 294 g/mol. The van der Waals surface area contributed by atoms with E-state index in [1.165, 1.54) is 0 Å². The Labute approximate surface area is 118 Å². The summed E-state index contributed by atoms with van der Waals surface area (Å²) >= 11 is 0.453. The minimum Gasteiger partial charge on any atom is -0.304 e. The molecule has 6 heteroatoms. The van der Waals surface area contributed by atoms with Gasteiger partial charge in [0, 0.05) is 11.7 Å². The van der Waals surface area contributed by atoms with Crippen LogP contribution in [0.25, 0.3) is 0 Å². The quantitative estimate of drug-likeness (QED) is 0.866. The molecular formula is C14H12F2N2OS. The summed E-state index contributed by atoms with van der Waals surface area (Å²) in [5.41, 5.74) is 0.704. The van der Waals surface area contributed by atoms with E-state index in [9.17, 15) is 13.6 Å². The first-order chi connectivity index (χ1) is 9.66. The predicted molar refractivity (Wildman–Crippen MR) is 72.9 cm³/mol. The number of aromatic nitrogens is 1. The lowest BCUT2D eigenvalue weighted by Crippen LogP contribution is -2.44. The van der Waals surface area contributed by atoms with Crippen LogP contribution in [0.3, 0.4) is 0 Å². The van der Waals surface area contributed by atoms with E-state index in [1.807, 2.05) is 18.2 Å². The van der Waals surface area contributed by atoms with E-state index in [-0.39, 0.29) is 10.9 Å². The highest BCUT2D eigenvalue weighted by Crippen LogP contribution is 2.32. The van der Waals surface area contributed by atoms with Gasteiger partial charge < -0.3 is 4.90 Å². The first-order valence-electron chi connectivity index (χ1n) is 6.37. The fourth-order valence-electron chi connectivity index (χ4n) is 2.25. The van der Waals surface area contributed by atoms with Gasteiger partial charge in [-0.1, -0.05) is 29.5 Å². The maximum Gasteiger partial charge on any atom is 0.273 e. The summed E-state index contributed by atoms with van der Waals surface area (Å²) in [5, 5.41) is -0.924. The number of carbonyl (C=O) groups is 1. The highest BCUT2D eigenvalue weighted by Gasteiger charge is 2.33. The second kappa shape index (κ2) is 5.28. The molecule has 1 aromatic carbocycles. The van der Waals surface area contributed by atoms with Crippen molar-refractivity contribution in [1.29, 1.82) is 0 Å². The molecule has 20 heavy (non-hydrogen) atoms. The lowest BCUT2D eigenvalue weighted by atomic mass is 9.91. The molecule has 1 aliphatic rings. The third-order valence-corrected chi connectivity index (χ3v) is 4.25. The summed E-state index contributed by atoms with van der Waals surface area (Å²) in [6, 6.07) is 9.13. The second-order valence-corrected chi connectivity index (χ2v) is 5.63. The topological polar surface area (TPSA) is 33.2 Å². The van der Waals surface area contributed by atoms with Gasteiger partial charge in [0.1, 0.15) is 0 Å². The van der Waals surface area contributed by atoms with E-state index in [2.05, 4.69) is 4.98 Å². The van der Waals surface area contributed by atoms with Crippen molar-refractivity contribution < 1.29 is 13.6 Å². The van der Waals surface area contributed by atoms with Gasteiger partial charge in [-0.25, -0.2) is 0 Å². The molecule has 1 saturated carbocycles. The Morgan fingerprint density at radius 3 is 2.45 bits per heavy atom. The minimum atomic E-state index is -1.03. The van der Waals surface area contributed by atoms with Crippen LogP contribution in [0, 0.1) is 11.2 Å². The Morgan fingerprint density at radius 2 is 1.95 bits per heavy atom. The summed E-state index contributed by atoms with van der Waals surface area (Å²) in [4.78, 5) is 16.8. The number of nitrogens with zero attached hydrogens (tertiary/aromatic N) is 2. The van der Waals surface area contributed by atoms with Crippen LogP contribution in [0.15, 0.2) is 30.3 Å². The zero-order chi connectivity index (χ0) is 14.1. The maximum absolute atomic E-state index is 13.5. The van der Waals surface area contributed by atoms with E-state index >= 15 is 0 Å². The van der Waals surface area contributed by atoms with Crippen molar-refractivity contribution in [3.8, 4) is 0 Å². The SMILES string of the molecule is O=C(c1sc(F)nc1F)N(c1ccccc1)C1CCC1. The minimum absolute atomic E-state index is 0.0504. The number of amides is 1.